The smallest absolute Gasteiger partial charge is 0.409 e. The zero-order valence-corrected chi connectivity index (χ0v) is 11.4. The van der Waals surface area contributed by atoms with Gasteiger partial charge in [-0.2, -0.15) is 0 Å². The normalized spacial score (nSPS) is 15.3. The summed E-state index contributed by atoms with van der Waals surface area (Å²) in [4.78, 5) is 26.9. The zero-order valence-electron chi connectivity index (χ0n) is 10.6. The molecule has 102 valence electrons. The van der Waals surface area contributed by atoms with E-state index in [1.165, 1.54) is 7.11 Å². The van der Waals surface area contributed by atoms with Crippen molar-refractivity contribution in [2.45, 2.75) is 0 Å². The van der Waals surface area contributed by atoms with Crippen LogP contribution < -0.4 is 0 Å². The average Bonchev–Trinajstić information content (AvgIpc) is 2.46. The first kappa shape index (κ1) is 13.7. The molecule has 0 aliphatic carbocycles. The number of hydrogen-bond acceptors (Lipinski definition) is 3. The van der Waals surface area contributed by atoms with Gasteiger partial charge < -0.3 is 14.5 Å². The second kappa shape index (κ2) is 5.93. The van der Waals surface area contributed by atoms with E-state index in [1.807, 2.05) is 0 Å². The van der Waals surface area contributed by atoms with Gasteiger partial charge in [-0.05, 0) is 12.1 Å². The molecule has 1 aromatic carbocycles. The molecule has 1 aliphatic rings. The second-order valence-corrected chi connectivity index (χ2v) is 4.64. The van der Waals surface area contributed by atoms with Crippen LogP contribution in [0.5, 0.6) is 0 Å². The monoisotopic (exact) mass is 282 g/mol. The Hall–Kier alpha value is -1.75. The Labute approximate surface area is 116 Å². The number of rotatable bonds is 1. The minimum atomic E-state index is -0.357. The van der Waals surface area contributed by atoms with Gasteiger partial charge in [0.2, 0.25) is 0 Å². The molecular weight excluding hydrogens is 268 g/mol. The number of amides is 2. The highest BCUT2D eigenvalue weighted by Gasteiger charge is 2.25. The molecule has 1 fully saturated rings. The number of nitrogens with zero attached hydrogens (tertiary/aromatic N) is 2. The first-order chi connectivity index (χ1) is 9.13. The molecule has 0 bridgehead atoms. The first-order valence-corrected chi connectivity index (χ1v) is 6.38. The van der Waals surface area contributed by atoms with Crippen LogP contribution >= 0.6 is 11.6 Å². The molecule has 1 aromatic rings. The first-order valence-electron chi connectivity index (χ1n) is 6.00. The quantitative estimate of drug-likeness (QED) is 0.790. The van der Waals surface area contributed by atoms with Crippen molar-refractivity contribution in [3.05, 3.63) is 34.9 Å². The molecule has 0 aromatic heterocycles. The van der Waals surface area contributed by atoms with E-state index in [0.29, 0.717) is 36.8 Å². The molecule has 0 atom stereocenters. The van der Waals surface area contributed by atoms with Crippen LogP contribution in [0.1, 0.15) is 10.4 Å². The fourth-order valence-corrected chi connectivity index (χ4v) is 2.24. The fraction of sp³-hybridized carbons (Fsp3) is 0.385. The largest absolute Gasteiger partial charge is 0.453 e. The molecule has 2 amide bonds. The Morgan fingerprint density at radius 3 is 2.26 bits per heavy atom. The summed E-state index contributed by atoms with van der Waals surface area (Å²) in [6, 6.07) is 6.97. The molecule has 1 aliphatic heterocycles. The van der Waals surface area contributed by atoms with Crippen molar-refractivity contribution < 1.29 is 14.3 Å². The molecular formula is C13H15ClN2O3. The average molecular weight is 283 g/mol. The van der Waals surface area contributed by atoms with Gasteiger partial charge in [0.05, 0.1) is 17.7 Å². The standard InChI is InChI=1S/C13H15ClN2O3/c1-19-13(18)16-8-6-15(7-9-16)12(17)10-4-2-3-5-11(10)14/h2-5H,6-9H2,1H3. The summed E-state index contributed by atoms with van der Waals surface area (Å²) in [6.07, 6.45) is -0.357. The highest BCUT2D eigenvalue weighted by atomic mass is 35.5. The van der Waals surface area contributed by atoms with E-state index in [4.69, 9.17) is 11.6 Å². The minimum absolute atomic E-state index is 0.102. The lowest BCUT2D eigenvalue weighted by Crippen LogP contribution is -2.50. The maximum Gasteiger partial charge on any atom is 0.409 e. The molecule has 2 rings (SSSR count). The molecule has 5 nitrogen and oxygen atoms in total. The summed E-state index contributed by atoms with van der Waals surface area (Å²) < 4.78 is 4.65. The number of carbonyl (C=O) groups excluding carboxylic acids is 2. The molecule has 0 radical (unpaired) electrons. The van der Waals surface area contributed by atoms with E-state index in [9.17, 15) is 9.59 Å². The number of halogens is 1. The summed E-state index contributed by atoms with van der Waals surface area (Å²) in [5.41, 5.74) is 0.496. The van der Waals surface area contributed by atoms with E-state index in [0.717, 1.165) is 0 Å². The van der Waals surface area contributed by atoms with Gasteiger partial charge in [0.15, 0.2) is 0 Å². The van der Waals surface area contributed by atoms with E-state index < -0.39 is 0 Å². The summed E-state index contributed by atoms with van der Waals surface area (Å²) in [5, 5.41) is 0.447. The van der Waals surface area contributed by atoms with Gasteiger partial charge in [-0.3, -0.25) is 4.79 Å². The van der Waals surface area contributed by atoms with Crippen LogP contribution in [-0.2, 0) is 4.74 Å². The highest BCUT2D eigenvalue weighted by molar-refractivity contribution is 6.33. The van der Waals surface area contributed by atoms with Crippen LogP contribution in [0, 0.1) is 0 Å². The van der Waals surface area contributed by atoms with Crippen LogP contribution in [0.2, 0.25) is 5.02 Å². The predicted molar refractivity (Wildman–Crippen MR) is 71.3 cm³/mol. The second-order valence-electron chi connectivity index (χ2n) is 4.23. The Kier molecular flexibility index (Phi) is 4.27. The van der Waals surface area contributed by atoms with Crippen LogP contribution in [0.3, 0.4) is 0 Å². The van der Waals surface area contributed by atoms with Gasteiger partial charge in [-0.15, -0.1) is 0 Å². The lowest BCUT2D eigenvalue weighted by atomic mass is 10.2. The molecule has 0 N–H and O–H groups in total. The van der Waals surface area contributed by atoms with Crippen molar-refractivity contribution >= 4 is 23.6 Å². The number of piperazine rings is 1. The number of carbonyl (C=O) groups is 2. The van der Waals surface area contributed by atoms with Crippen LogP contribution in [-0.4, -0.2) is 55.1 Å². The van der Waals surface area contributed by atoms with Gasteiger partial charge in [0.1, 0.15) is 0 Å². The molecule has 6 heteroatoms. The SMILES string of the molecule is COC(=O)N1CCN(C(=O)c2ccccc2Cl)CC1. The Balaban J connectivity index is 2.00. The van der Waals surface area contributed by atoms with Gasteiger partial charge in [-0.25, -0.2) is 4.79 Å². The number of benzene rings is 1. The molecule has 1 heterocycles. The van der Waals surface area contributed by atoms with E-state index in [-0.39, 0.29) is 12.0 Å². The maximum absolute atomic E-state index is 12.3. The predicted octanol–water partition coefficient (Wildman–Crippen LogP) is 1.86. The van der Waals surface area contributed by atoms with Crippen molar-refractivity contribution in [3.8, 4) is 0 Å². The Morgan fingerprint density at radius 2 is 1.68 bits per heavy atom. The van der Waals surface area contributed by atoms with E-state index >= 15 is 0 Å². The fourth-order valence-electron chi connectivity index (χ4n) is 2.03. The van der Waals surface area contributed by atoms with Crippen molar-refractivity contribution in [2.75, 3.05) is 33.3 Å². The number of hydrogen-bond donors (Lipinski definition) is 0. The van der Waals surface area contributed by atoms with Crippen molar-refractivity contribution in [1.29, 1.82) is 0 Å². The van der Waals surface area contributed by atoms with Gasteiger partial charge >= 0.3 is 6.09 Å². The van der Waals surface area contributed by atoms with Crippen LogP contribution in [0.15, 0.2) is 24.3 Å². The lowest BCUT2D eigenvalue weighted by molar-refractivity contribution is 0.0600. The van der Waals surface area contributed by atoms with Gasteiger partial charge in [0, 0.05) is 26.2 Å². The van der Waals surface area contributed by atoms with Crippen molar-refractivity contribution in [1.82, 2.24) is 9.80 Å². The Morgan fingerprint density at radius 1 is 1.11 bits per heavy atom. The van der Waals surface area contributed by atoms with E-state index in [2.05, 4.69) is 4.74 Å². The van der Waals surface area contributed by atoms with Crippen LogP contribution in [0.4, 0.5) is 4.79 Å². The molecule has 0 unspecified atom stereocenters. The molecule has 19 heavy (non-hydrogen) atoms. The molecule has 1 saturated heterocycles. The number of methoxy groups -OCH3 is 1. The highest BCUT2D eigenvalue weighted by Crippen LogP contribution is 2.18. The zero-order chi connectivity index (χ0) is 13.8. The summed E-state index contributed by atoms with van der Waals surface area (Å²) >= 11 is 6.01. The third-order valence-electron chi connectivity index (χ3n) is 3.10. The summed E-state index contributed by atoms with van der Waals surface area (Å²) in [7, 11) is 1.35. The van der Waals surface area contributed by atoms with Crippen LogP contribution in [0.25, 0.3) is 0 Å². The number of ether oxygens (including phenoxy) is 1. The third-order valence-corrected chi connectivity index (χ3v) is 3.43. The molecule has 0 saturated carbocycles. The topological polar surface area (TPSA) is 49.9 Å². The maximum atomic E-state index is 12.3. The van der Waals surface area contributed by atoms with Crippen molar-refractivity contribution in [3.63, 3.8) is 0 Å². The van der Waals surface area contributed by atoms with Crippen molar-refractivity contribution in [2.24, 2.45) is 0 Å². The third kappa shape index (κ3) is 2.98. The van der Waals surface area contributed by atoms with E-state index in [1.54, 1.807) is 34.1 Å². The lowest BCUT2D eigenvalue weighted by Gasteiger charge is -2.34. The summed E-state index contributed by atoms with van der Waals surface area (Å²) in [6.45, 7) is 1.92. The Bertz CT molecular complexity index is 485. The van der Waals surface area contributed by atoms with Gasteiger partial charge in [-0.1, -0.05) is 23.7 Å². The van der Waals surface area contributed by atoms with Gasteiger partial charge in [0.25, 0.3) is 5.91 Å². The summed E-state index contributed by atoms with van der Waals surface area (Å²) in [5.74, 6) is -0.102. The molecule has 0 spiro atoms. The minimum Gasteiger partial charge on any atom is -0.453 e.